The van der Waals surface area contributed by atoms with Crippen molar-refractivity contribution >= 4 is 39.8 Å². The van der Waals surface area contributed by atoms with Gasteiger partial charge in [0.15, 0.2) is 4.34 Å². The summed E-state index contributed by atoms with van der Waals surface area (Å²) in [4.78, 5) is 12.8. The number of carbonyl (C=O) groups excluding carboxylic acids is 1. The Hall–Kier alpha value is -2.58. The summed E-state index contributed by atoms with van der Waals surface area (Å²) in [7, 11) is 1.63. The van der Waals surface area contributed by atoms with E-state index in [2.05, 4.69) is 39.0 Å². The molecule has 2 N–H and O–H groups in total. The van der Waals surface area contributed by atoms with Gasteiger partial charge in [-0.05, 0) is 49.4 Å². The van der Waals surface area contributed by atoms with Crippen molar-refractivity contribution in [1.29, 1.82) is 0 Å². The molecule has 1 aliphatic carbocycles. The van der Waals surface area contributed by atoms with Crippen LogP contribution >= 0.6 is 23.1 Å². The lowest BCUT2D eigenvalue weighted by Crippen LogP contribution is -2.35. The highest BCUT2D eigenvalue weighted by atomic mass is 32.2. The predicted octanol–water partition coefficient (Wildman–Crippen LogP) is 4.96. The molecule has 0 unspecified atom stereocenters. The Labute approximate surface area is 184 Å². The lowest BCUT2D eigenvalue weighted by molar-refractivity contribution is -0.121. The minimum Gasteiger partial charge on any atom is -0.495 e. The Morgan fingerprint density at radius 3 is 2.87 bits per heavy atom. The largest absolute Gasteiger partial charge is 0.495 e. The average molecular weight is 441 g/mol. The first-order valence-corrected chi connectivity index (χ1v) is 11.6. The van der Waals surface area contributed by atoms with Crippen LogP contribution in [0.2, 0.25) is 0 Å². The van der Waals surface area contributed by atoms with Crippen LogP contribution in [0, 0.1) is 0 Å². The molecule has 2 atom stereocenters. The van der Waals surface area contributed by atoms with Gasteiger partial charge < -0.3 is 15.4 Å². The quantitative estimate of drug-likeness (QED) is 0.506. The van der Waals surface area contributed by atoms with E-state index in [0.717, 1.165) is 35.0 Å². The molecule has 30 heavy (non-hydrogen) atoms. The summed E-state index contributed by atoms with van der Waals surface area (Å²) in [6, 6.07) is 16.1. The average Bonchev–Trinajstić information content (AvgIpc) is 3.21. The Balaban J connectivity index is 1.36. The van der Waals surface area contributed by atoms with Crippen molar-refractivity contribution in [2.45, 2.75) is 41.8 Å². The molecular weight excluding hydrogens is 416 g/mol. The number of anilines is 2. The van der Waals surface area contributed by atoms with E-state index >= 15 is 0 Å². The van der Waals surface area contributed by atoms with Crippen molar-refractivity contribution in [3.63, 3.8) is 0 Å². The van der Waals surface area contributed by atoms with E-state index in [4.69, 9.17) is 4.74 Å². The zero-order chi connectivity index (χ0) is 20.9. The number of hydrogen-bond acceptors (Lipinski definition) is 7. The minimum absolute atomic E-state index is 0.0242. The number of rotatable bonds is 7. The number of fused-ring (bicyclic) bond motifs is 1. The third-order valence-electron chi connectivity index (χ3n) is 5.09. The van der Waals surface area contributed by atoms with E-state index in [1.165, 1.54) is 34.2 Å². The standard InChI is InChI=1S/C22H24N4O2S2/c1-14(20(27)23-17-12-7-9-15-8-3-4-10-16(15)17)29-22-26-25-21(30-22)24-18-11-5-6-13-19(18)28-2/h3-6,8,10-11,13-14,17H,7,9,12H2,1-2H3,(H,23,27)(H,24,25)/t14-,17-/m1/s1. The number of aryl methyl sites for hydroxylation is 1. The first kappa shape index (κ1) is 20.7. The van der Waals surface area contributed by atoms with Crippen LogP contribution in [-0.4, -0.2) is 28.5 Å². The van der Waals surface area contributed by atoms with E-state index in [1.54, 1.807) is 7.11 Å². The van der Waals surface area contributed by atoms with Crippen LogP contribution in [0.1, 0.15) is 36.9 Å². The van der Waals surface area contributed by atoms with Crippen molar-refractivity contribution in [3.05, 3.63) is 59.7 Å². The first-order chi connectivity index (χ1) is 14.6. The van der Waals surface area contributed by atoms with Crippen molar-refractivity contribution in [2.24, 2.45) is 0 Å². The number of amides is 1. The molecule has 2 aromatic carbocycles. The molecule has 6 nitrogen and oxygen atoms in total. The van der Waals surface area contributed by atoms with Gasteiger partial charge >= 0.3 is 0 Å². The molecule has 0 saturated heterocycles. The number of aromatic nitrogens is 2. The zero-order valence-electron chi connectivity index (χ0n) is 16.9. The number of nitrogens with one attached hydrogen (secondary N) is 2. The molecule has 1 aromatic heterocycles. The molecule has 8 heteroatoms. The molecule has 0 radical (unpaired) electrons. The third kappa shape index (κ3) is 4.76. The molecular formula is C22H24N4O2S2. The van der Waals surface area contributed by atoms with Crippen LogP contribution in [-0.2, 0) is 11.2 Å². The Morgan fingerprint density at radius 1 is 1.20 bits per heavy atom. The number of ether oxygens (including phenoxy) is 1. The number of para-hydroxylation sites is 2. The maximum Gasteiger partial charge on any atom is 0.233 e. The summed E-state index contributed by atoms with van der Waals surface area (Å²) < 4.78 is 6.10. The Kier molecular flexibility index (Phi) is 6.54. The smallest absolute Gasteiger partial charge is 0.233 e. The van der Waals surface area contributed by atoms with Crippen LogP contribution in [0.15, 0.2) is 52.9 Å². The highest BCUT2D eigenvalue weighted by Gasteiger charge is 2.24. The van der Waals surface area contributed by atoms with Crippen LogP contribution in [0.3, 0.4) is 0 Å². The monoisotopic (exact) mass is 440 g/mol. The molecule has 0 bridgehead atoms. The number of methoxy groups -OCH3 is 1. The summed E-state index contributed by atoms with van der Waals surface area (Å²) in [5.41, 5.74) is 3.41. The third-order valence-corrected chi connectivity index (χ3v) is 7.11. The summed E-state index contributed by atoms with van der Waals surface area (Å²) in [6.07, 6.45) is 3.16. The molecule has 1 amide bonds. The highest BCUT2D eigenvalue weighted by molar-refractivity contribution is 8.02. The fraction of sp³-hybridized carbons (Fsp3) is 0.318. The SMILES string of the molecule is COc1ccccc1Nc1nnc(S[C@H](C)C(=O)N[C@@H]2CCCc3ccccc32)s1. The summed E-state index contributed by atoms with van der Waals surface area (Å²) in [5.74, 6) is 0.763. The lowest BCUT2D eigenvalue weighted by Gasteiger charge is -2.27. The maximum atomic E-state index is 12.8. The van der Waals surface area contributed by atoms with Crippen molar-refractivity contribution < 1.29 is 9.53 Å². The Morgan fingerprint density at radius 2 is 2.00 bits per heavy atom. The number of carbonyl (C=O) groups is 1. The van der Waals surface area contributed by atoms with E-state index in [1.807, 2.05) is 37.3 Å². The van der Waals surface area contributed by atoms with Gasteiger partial charge in [-0.2, -0.15) is 0 Å². The topological polar surface area (TPSA) is 76.1 Å². The molecule has 1 aliphatic rings. The second kappa shape index (κ2) is 9.49. The molecule has 3 aromatic rings. The fourth-order valence-electron chi connectivity index (χ4n) is 3.57. The molecule has 0 aliphatic heterocycles. The van der Waals surface area contributed by atoms with Crippen molar-refractivity contribution in [2.75, 3.05) is 12.4 Å². The van der Waals surface area contributed by atoms with Gasteiger partial charge in [0.25, 0.3) is 0 Å². The number of thioether (sulfide) groups is 1. The second-order valence-electron chi connectivity index (χ2n) is 7.11. The van der Waals surface area contributed by atoms with Gasteiger partial charge in [-0.15, -0.1) is 10.2 Å². The first-order valence-electron chi connectivity index (χ1n) is 9.92. The van der Waals surface area contributed by atoms with Gasteiger partial charge in [0, 0.05) is 0 Å². The summed E-state index contributed by atoms with van der Waals surface area (Å²) >= 11 is 2.85. The summed E-state index contributed by atoms with van der Waals surface area (Å²) in [6.45, 7) is 1.91. The Bertz CT molecular complexity index is 1020. The van der Waals surface area contributed by atoms with Crippen molar-refractivity contribution in [3.8, 4) is 5.75 Å². The molecule has 0 spiro atoms. The van der Waals surface area contributed by atoms with Gasteiger partial charge in [0.2, 0.25) is 11.0 Å². The predicted molar refractivity (Wildman–Crippen MR) is 122 cm³/mol. The van der Waals surface area contributed by atoms with Crippen LogP contribution in [0.5, 0.6) is 5.75 Å². The van der Waals surface area contributed by atoms with Crippen LogP contribution in [0.4, 0.5) is 10.8 Å². The lowest BCUT2D eigenvalue weighted by atomic mass is 9.88. The van der Waals surface area contributed by atoms with E-state index in [0.29, 0.717) is 5.13 Å². The minimum atomic E-state index is -0.258. The molecule has 0 fully saturated rings. The van der Waals surface area contributed by atoms with Crippen LogP contribution < -0.4 is 15.4 Å². The zero-order valence-corrected chi connectivity index (χ0v) is 18.6. The number of nitrogens with zero attached hydrogens (tertiary/aromatic N) is 2. The molecule has 0 saturated carbocycles. The number of benzene rings is 2. The van der Waals surface area contributed by atoms with E-state index in [-0.39, 0.29) is 17.2 Å². The van der Waals surface area contributed by atoms with Gasteiger partial charge in [0.1, 0.15) is 5.75 Å². The summed E-state index contributed by atoms with van der Waals surface area (Å²) in [5, 5.41) is 15.3. The van der Waals surface area contributed by atoms with E-state index in [9.17, 15) is 4.79 Å². The molecule has 4 rings (SSSR count). The fourth-order valence-corrected chi connectivity index (χ4v) is 5.49. The van der Waals surface area contributed by atoms with E-state index < -0.39 is 0 Å². The second-order valence-corrected chi connectivity index (χ2v) is 9.68. The number of hydrogen-bond donors (Lipinski definition) is 2. The van der Waals surface area contributed by atoms with Crippen molar-refractivity contribution in [1.82, 2.24) is 15.5 Å². The van der Waals surface area contributed by atoms with Gasteiger partial charge in [-0.1, -0.05) is 59.5 Å². The van der Waals surface area contributed by atoms with Gasteiger partial charge in [0.05, 0.1) is 24.1 Å². The van der Waals surface area contributed by atoms with Gasteiger partial charge in [-0.25, -0.2) is 0 Å². The molecule has 1 heterocycles. The maximum absolute atomic E-state index is 12.8. The van der Waals surface area contributed by atoms with Crippen LogP contribution in [0.25, 0.3) is 0 Å². The highest BCUT2D eigenvalue weighted by Crippen LogP contribution is 2.34. The molecule has 156 valence electrons. The van der Waals surface area contributed by atoms with Gasteiger partial charge in [-0.3, -0.25) is 4.79 Å². The normalized spacial score (nSPS) is 16.4.